The van der Waals surface area contributed by atoms with Gasteiger partial charge in [0, 0.05) is 16.6 Å². The number of ether oxygens (including phenoxy) is 1. The second kappa shape index (κ2) is 12.3. The van der Waals surface area contributed by atoms with E-state index in [2.05, 4.69) is 49.3 Å². The topological polar surface area (TPSA) is 134 Å². The number of aromatic nitrogens is 5. The van der Waals surface area contributed by atoms with Crippen LogP contribution >= 0.6 is 0 Å². The number of hydrogen-bond acceptors (Lipinski definition) is 8. The SMILES string of the molecule is CCc1c(NC(=O)OC(CC#N)C2CCNCC2)cn2ncnc(Nc3ccc4c(cnn4Cc4ccccc4)c3)c12. The normalized spacial score (nSPS) is 14.5. The minimum Gasteiger partial charge on any atom is -0.445 e. The van der Waals surface area contributed by atoms with Gasteiger partial charge in [-0.15, -0.1) is 0 Å². The molecule has 0 bridgehead atoms. The summed E-state index contributed by atoms with van der Waals surface area (Å²) in [5.74, 6) is 0.788. The number of anilines is 3. The molecule has 1 amide bonds. The highest BCUT2D eigenvalue weighted by molar-refractivity contribution is 5.91. The Morgan fingerprint density at radius 3 is 2.81 bits per heavy atom. The molecule has 0 aliphatic carbocycles. The first-order valence-corrected chi connectivity index (χ1v) is 14.3. The molecule has 1 atom stereocenters. The van der Waals surface area contributed by atoms with Crippen molar-refractivity contribution in [2.45, 2.75) is 45.3 Å². The van der Waals surface area contributed by atoms with E-state index in [1.165, 1.54) is 11.9 Å². The van der Waals surface area contributed by atoms with Crippen LogP contribution in [0.1, 0.15) is 37.3 Å². The van der Waals surface area contributed by atoms with E-state index in [1.54, 1.807) is 10.7 Å². The number of piperidine rings is 1. The summed E-state index contributed by atoms with van der Waals surface area (Å²) in [5, 5.41) is 29.0. The average Bonchev–Trinajstić information content (AvgIpc) is 3.58. The molecule has 0 radical (unpaired) electrons. The van der Waals surface area contributed by atoms with E-state index in [-0.39, 0.29) is 12.3 Å². The smallest absolute Gasteiger partial charge is 0.411 e. The lowest BCUT2D eigenvalue weighted by Gasteiger charge is -2.29. The summed E-state index contributed by atoms with van der Waals surface area (Å²) in [6.45, 7) is 4.43. The van der Waals surface area contributed by atoms with Gasteiger partial charge < -0.3 is 15.4 Å². The number of carbonyl (C=O) groups is 1. The third-order valence-electron chi connectivity index (χ3n) is 7.81. The summed E-state index contributed by atoms with van der Waals surface area (Å²) in [6, 6.07) is 18.5. The molecule has 1 unspecified atom stereocenters. The van der Waals surface area contributed by atoms with Crippen LogP contribution in [0.2, 0.25) is 0 Å². The van der Waals surface area contributed by atoms with Crippen molar-refractivity contribution in [1.29, 1.82) is 5.26 Å². The molecule has 214 valence electrons. The predicted molar refractivity (Wildman–Crippen MR) is 161 cm³/mol. The third-order valence-corrected chi connectivity index (χ3v) is 7.81. The fourth-order valence-corrected chi connectivity index (χ4v) is 5.70. The van der Waals surface area contributed by atoms with Crippen molar-refractivity contribution >= 4 is 39.7 Å². The molecule has 3 aromatic heterocycles. The number of benzene rings is 2. The van der Waals surface area contributed by atoms with E-state index in [0.29, 0.717) is 24.5 Å². The summed E-state index contributed by atoms with van der Waals surface area (Å²) < 4.78 is 9.46. The lowest BCUT2D eigenvalue weighted by Crippen LogP contribution is -2.37. The first kappa shape index (κ1) is 27.2. The number of nitrogens with zero attached hydrogens (tertiary/aromatic N) is 6. The number of rotatable bonds is 9. The Bertz CT molecular complexity index is 1730. The Balaban J connectivity index is 1.22. The maximum atomic E-state index is 13.0. The molecule has 6 rings (SSSR count). The minimum absolute atomic E-state index is 0.167. The number of hydrogen-bond donors (Lipinski definition) is 3. The Kier molecular flexibility index (Phi) is 7.96. The molecule has 4 heterocycles. The van der Waals surface area contributed by atoms with Crippen LogP contribution in [-0.2, 0) is 17.7 Å². The van der Waals surface area contributed by atoms with Crippen LogP contribution < -0.4 is 16.0 Å². The Hall–Kier alpha value is -4.95. The highest BCUT2D eigenvalue weighted by Crippen LogP contribution is 2.31. The molecular formula is C31H33N9O2. The summed E-state index contributed by atoms with van der Waals surface area (Å²) >= 11 is 0. The summed E-state index contributed by atoms with van der Waals surface area (Å²) in [4.78, 5) is 17.5. The zero-order valence-electron chi connectivity index (χ0n) is 23.5. The van der Waals surface area contributed by atoms with Gasteiger partial charge in [0.05, 0.1) is 42.6 Å². The molecule has 0 spiro atoms. The number of aryl methyl sites for hydroxylation is 1. The van der Waals surface area contributed by atoms with Gasteiger partial charge in [0.1, 0.15) is 17.9 Å². The molecule has 1 saturated heterocycles. The lowest BCUT2D eigenvalue weighted by atomic mass is 9.90. The van der Waals surface area contributed by atoms with Crippen molar-refractivity contribution in [3.63, 3.8) is 0 Å². The predicted octanol–water partition coefficient (Wildman–Crippen LogP) is 5.26. The molecule has 1 aliphatic heterocycles. The first-order chi connectivity index (χ1) is 20.6. The maximum Gasteiger partial charge on any atom is 0.411 e. The number of carbonyl (C=O) groups excluding carboxylic acids is 1. The van der Waals surface area contributed by atoms with E-state index in [1.807, 2.05) is 54.2 Å². The summed E-state index contributed by atoms with van der Waals surface area (Å²) in [7, 11) is 0. The van der Waals surface area contributed by atoms with Crippen molar-refractivity contribution in [3.8, 4) is 6.07 Å². The average molecular weight is 564 g/mol. The monoisotopic (exact) mass is 563 g/mol. The molecule has 42 heavy (non-hydrogen) atoms. The number of fused-ring (bicyclic) bond motifs is 2. The Morgan fingerprint density at radius 1 is 1.19 bits per heavy atom. The zero-order valence-corrected chi connectivity index (χ0v) is 23.5. The molecular weight excluding hydrogens is 530 g/mol. The molecule has 1 fully saturated rings. The minimum atomic E-state index is -0.570. The second-order valence-corrected chi connectivity index (χ2v) is 10.5. The maximum absolute atomic E-state index is 13.0. The molecule has 3 N–H and O–H groups in total. The van der Waals surface area contributed by atoms with E-state index in [9.17, 15) is 10.1 Å². The van der Waals surface area contributed by atoms with Crippen molar-refractivity contribution in [3.05, 3.63) is 78.4 Å². The van der Waals surface area contributed by atoms with Gasteiger partial charge in [-0.1, -0.05) is 37.3 Å². The summed E-state index contributed by atoms with van der Waals surface area (Å²) in [5.41, 5.74) is 5.34. The van der Waals surface area contributed by atoms with Gasteiger partial charge in [-0.2, -0.15) is 15.5 Å². The van der Waals surface area contributed by atoms with Crippen molar-refractivity contribution in [2.75, 3.05) is 23.7 Å². The van der Waals surface area contributed by atoms with Gasteiger partial charge in [0.25, 0.3) is 0 Å². The van der Waals surface area contributed by atoms with Crippen LogP contribution in [0.4, 0.5) is 22.0 Å². The highest BCUT2D eigenvalue weighted by Gasteiger charge is 2.27. The van der Waals surface area contributed by atoms with Crippen LogP contribution in [-0.4, -0.2) is 49.7 Å². The fourth-order valence-electron chi connectivity index (χ4n) is 5.70. The van der Waals surface area contributed by atoms with E-state index in [0.717, 1.165) is 53.6 Å². The summed E-state index contributed by atoms with van der Waals surface area (Å²) in [6.07, 6.45) is 6.66. The van der Waals surface area contributed by atoms with Crippen LogP contribution in [0, 0.1) is 17.2 Å². The molecule has 11 nitrogen and oxygen atoms in total. The van der Waals surface area contributed by atoms with Crippen LogP contribution in [0.25, 0.3) is 16.4 Å². The van der Waals surface area contributed by atoms with Crippen LogP contribution in [0.3, 0.4) is 0 Å². The van der Waals surface area contributed by atoms with E-state index < -0.39 is 12.2 Å². The lowest BCUT2D eigenvalue weighted by molar-refractivity contribution is 0.0627. The molecule has 2 aromatic carbocycles. The second-order valence-electron chi connectivity index (χ2n) is 10.5. The largest absolute Gasteiger partial charge is 0.445 e. The third kappa shape index (κ3) is 5.75. The quantitative estimate of drug-likeness (QED) is 0.221. The molecule has 5 aromatic rings. The van der Waals surface area contributed by atoms with Crippen LogP contribution in [0.15, 0.2) is 67.3 Å². The number of nitrogens with one attached hydrogen (secondary N) is 3. The van der Waals surface area contributed by atoms with Gasteiger partial charge >= 0.3 is 6.09 Å². The Morgan fingerprint density at radius 2 is 2.02 bits per heavy atom. The molecule has 0 saturated carbocycles. The van der Waals surface area contributed by atoms with Crippen LogP contribution in [0.5, 0.6) is 0 Å². The van der Waals surface area contributed by atoms with E-state index in [4.69, 9.17) is 4.74 Å². The van der Waals surface area contributed by atoms with Gasteiger partial charge in [0.15, 0.2) is 5.82 Å². The van der Waals surface area contributed by atoms with Crippen molar-refractivity contribution in [1.82, 2.24) is 29.7 Å². The first-order valence-electron chi connectivity index (χ1n) is 14.3. The fraction of sp³-hybridized carbons (Fsp3) is 0.323. The van der Waals surface area contributed by atoms with Gasteiger partial charge in [0.2, 0.25) is 0 Å². The molecule has 11 heteroatoms. The van der Waals surface area contributed by atoms with Crippen molar-refractivity contribution in [2.24, 2.45) is 5.92 Å². The highest BCUT2D eigenvalue weighted by atomic mass is 16.6. The van der Waals surface area contributed by atoms with Gasteiger partial charge in [-0.05, 0) is 62.0 Å². The number of nitriles is 1. The van der Waals surface area contributed by atoms with E-state index >= 15 is 0 Å². The van der Waals surface area contributed by atoms with Gasteiger partial charge in [-0.3, -0.25) is 10.00 Å². The Labute approximate surface area is 243 Å². The van der Waals surface area contributed by atoms with Crippen molar-refractivity contribution < 1.29 is 9.53 Å². The number of amides is 1. The molecule has 1 aliphatic rings. The van der Waals surface area contributed by atoms with Gasteiger partial charge in [-0.25, -0.2) is 14.3 Å². The zero-order chi connectivity index (χ0) is 28.9. The standard InChI is InChI=1S/C31H33N9O2/c1-2-25-26(38-31(41)42-28(10-13-32)22-11-14-33-15-12-22)19-40-29(25)30(34-20-36-40)37-24-8-9-27-23(16-24)17-35-39(27)18-21-6-4-3-5-7-21/h3-9,16-17,19-20,22,28,33H,2,10-12,14-15,18H2,1H3,(H,38,41)(H,34,36,37).